The summed E-state index contributed by atoms with van der Waals surface area (Å²) in [6.45, 7) is 0.325. The van der Waals surface area contributed by atoms with Crippen LogP contribution in [0.2, 0.25) is 5.02 Å². The third-order valence-electron chi connectivity index (χ3n) is 3.26. The number of pyridine rings is 1. The summed E-state index contributed by atoms with van der Waals surface area (Å²) in [5.41, 5.74) is 1.99. The van der Waals surface area contributed by atoms with E-state index in [4.69, 9.17) is 16.0 Å². The van der Waals surface area contributed by atoms with Crippen LogP contribution in [0.25, 0.3) is 11.5 Å². The topological polar surface area (TPSA) is 55.1 Å². The van der Waals surface area contributed by atoms with E-state index in [0.717, 1.165) is 10.0 Å². The standard InChI is InChI=1S/C17H12BrClN2O2/c18-12-5-6-14(19)13(9-12)17(22)21-10-11-3-1-7-20-16(11)15-4-2-8-23-15/h1-9H,10H2,(H,21,22). The van der Waals surface area contributed by atoms with Crippen molar-refractivity contribution in [3.05, 3.63) is 75.5 Å². The maximum absolute atomic E-state index is 12.3. The van der Waals surface area contributed by atoms with Crippen molar-refractivity contribution in [2.24, 2.45) is 0 Å². The van der Waals surface area contributed by atoms with Gasteiger partial charge in [0.2, 0.25) is 0 Å². The van der Waals surface area contributed by atoms with E-state index < -0.39 is 0 Å². The van der Waals surface area contributed by atoms with Gasteiger partial charge in [-0.1, -0.05) is 33.6 Å². The van der Waals surface area contributed by atoms with Gasteiger partial charge in [-0.25, -0.2) is 0 Å². The van der Waals surface area contributed by atoms with E-state index in [9.17, 15) is 4.79 Å². The number of hydrogen-bond acceptors (Lipinski definition) is 3. The highest BCUT2D eigenvalue weighted by atomic mass is 79.9. The van der Waals surface area contributed by atoms with Gasteiger partial charge in [0.25, 0.3) is 5.91 Å². The van der Waals surface area contributed by atoms with E-state index in [0.29, 0.717) is 28.6 Å². The lowest BCUT2D eigenvalue weighted by atomic mass is 10.1. The van der Waals surface area contributed by atoms with E-state index in [-0.39, 0.29) is 5.91 Å². The second-order valence-electron chi connectivity index (χ2n) is 4.80. The number of carbonyl (C=O) groups is 1. The van der Waals surface area contributed by atoms with Gasteiger partial charge in [-0.3, -0.25) is 9.78 Å². The van der Waals surface area contributed by atoms with Crippen LogP contribution in [0.4, 0.5) is 0 Å². The maximum atomic E-state index is 12.3. The summed E-state index contributed by atoms with van der Waals surface area (Å²) in [5, 5.41) is 3.27. The average molecular weight is 392 g/mol. The average Bonchev–Trinajstić information content (AvgIpc) is 3.09. The molecule has 2 aromatic heterocycles. The van der Waals surface area contributed by atoms with Crippen molar-refractivity contribution in [3.8, 4) is 11.5 Å². The van der Waals surface area contributed by atoms with Crippen molar-refractivity contribution >= 4 is 33.4 Å². The molecule has 3 rings (SSSR count). The molecule has 0 aliphatic heterocycles. The van der Waals surface area contributed by atoms with Gasteiger partial charge in [0.05, 0.1) is 16.8 Å². The van der Waals surface area contributed by atoms with Gasteiger partial charge in [0.15, 0.2) is 5.76 Å². The number of furan rings is 1. The maximum Gasteiger partial charge on any atom is 0.253 e. The number of nitrogens with one attached hydrogen (secondary N) is 1. The molecule has 0 unspecified atom stereocenters. The Hall–Kier alpha value is -2.11. The highest BCUT2D eigenvalue weighted by Gasteiger charge is 2.13. The van der Waals surface area contributed by atoms with Crippen molar-refractivity contribution in [1.82, 2.24) is 10.3 Å². The number of carbonyl (C=O) groups excluding carboxylic acids is 1. The monoisotopic (exact) mass is 390 g/mol. The normalized spacial score (nSPS) is 10.5. The number of halogens is 2. The van der Waals surface area contributed by atoms with Crippen LogP contribution in [0.5, 0.6) is 0 Å². The van der Waals surface area contributed by atoms with Gasteiger partial charge in [-0.05, 0) is 36.4 Å². The third kappa shape index (κ3) is 3.63. The van der Waals surface area contributed by atoms with Crippen LogP contribution in [0.3, 0.4) is 0 Å². The molecule has 0 saturated heterocycles. The SMILES string of the molecule is O=C(NCc1cccnc1-c1ccco1)c1cc(Br)ccc1Cl. The molecule has 0 spiro atoms. The Labute approximate surface area is 146 Å². The molecule has 3 aromatic rings. The molecule has 4 nitrogen and oxygen atoms in total. The molecule has 1 amide bonds. The first-order valence-corrected chi connectivity index (χ1v) is 8.03. The molecule has 0 aliphatic carbocycles. The van der Waals surface area contributed by atoms with Crippen LogP contribution in [0, 0.1) is 0 Å². The Morgan fingerprint density at radius 1 is 1.26 bits per heavy atom. The minimum Gasteiger partial charge on any atom is -0.463 e. The summed E-state index contributed by atoms with van der Waals surface area (Å²) < 4.78 is 6.18. The fourth-order valence-electron chi connectivity index (χ4n) is 2.16. The molecule has 0 atom stereocenters. The number of aromatic nitrogens is 1. The minimum atomic E-state index is -0.245. The smallest absolute Gasteiger partial charge is 0.253 e. The molecule has 1 N–H and O–H groups in total. The van der Waals surface area contributed by atoms with Gasteiger partial charge in [-0.2, -0.15) is 0 Å². The first-order valence-electron chi connectivity index (χ1n) is 6.86. The number of rotatable bonds is 4. The quantitative estimate of drug-likeness (QED) is 0.702. The number of hydrogen-bond donors (Lipinski definition) is 1. The zero-order valence-electron chi connectivity index (χ0n) is 11.9. The molecule has 23 heavy (non-hydrogen) atoms. The van der Waals surface area contributed by atoms with Gasteiger partial charge in [0, 0.05) is 22.8 Å². The van der Waals surface area contributed by atoms with Crippen molar-refractivity contribution in [2.75, 3.05) is 0 Å². The lowest BCUT2D eigenvalue weighted by Crippen LogP contribution is -2.23. The van der Waals surface area contributed by atoms with Gasteiger partial charge < -0.3 is 9.73 Å². The van der Waals surface area contributed by atoms with Crippen molar-refractivity contribution in [2.45, 2.75) is 6.54 Å². The molecule has 0 fully saturated rings. The number of amides is 1. The van der Waals surface area contributed by atoms with Crippen molar-refractivity contribution in [1.29, 1.82) is 0 Å². The highest BCUT2D eigenvalue weighted by Crippen LogP contribution is 2.23. The molecular formula is C17H12BrClN2O2. The number of nitrogens with zero attached hydrogens (tertiary/aromatic N) is 1. The third-order valence-corrected chi connectivity index (χ3v) is 4.08. The Morgan fingerprint density at radius 3 is 2.91 bits per heavy atom. The highest BCUT2D eigenvalue weighted by molar-refractivity contribution is 9.10. The Balaban J connectivity index is 1.79. The van der Waals surface area contributed by atoms with E-state index in [1.165, 1.54) is 0 Å². The lowest BCUT2D eigenvalue weighted by molar-refractivity contribution is 0.0951. The predicted octanol–water partition coefficient (Wildman–Crippen LogP) is 4.69. The van der Waals surface area contributed by atoms with Crippen LogP contribution >= 0.6 is 27.5 Å². The molecule has 0 aliphatic rings. The molecule has 0 bridgehead atoms. The van der Waals surface area contributed by atoms with E-state index in [1.807, 2.05) is 18.2 Å². The molecular weight excluding hydrogens is 380 g/mol. The molecule has 0 saturated carbocycles. The van der Waals surface area contributed by atoms with E-state index >= 15 is 0 Å². The first kappa shape index (κ1) is 15.8. The predicted molar refractivity (Wildman–Crippen MR) is 92.3 cm³/mol. The number of benzene rings is 1. The molecule has 2 heterocycles. The van der Waals surface area contributed by atoms with Crippen LogP contribution in [-0.2, 0) is 6.54 Å². The summed E-state index contributed by atoms with van der Waals surface area (Å²) in [5.74, 6) is 0.417. The van der Waals surface area contributed by atoms with Gasteiger partial charge >= 0.3 is 0 Å². The zero-order chi connectivity index (χ0) is 16.2. The van der Waals surface area contributed by atoms with Gasteiger partial charge in [-0.15, -0.1) is 0 Å². The largest absolute Gasteiger partial charge is 0.463 e. The minimum absolute atomic E-state index is 0.245. The van der Waals surface area contributed by atoms with Crippen molar-refractivity contribution < 1.29 is 9.21 Å². The van der Waals surface area contributed by atoms with Crippen LogP contribution in [0.1, 0.15) is 15.9 Å². The van der Waals surface area contributed by atoms with Gasteiger partial charge in [0.1, 0.15) is 5.69 Å². The second kappa shape index (κ2) is 6.98. The molecule has 6 heteroatoms. The lowest BCUT2D eigenvalue weighted by Gasteiger charge is -2.09. The summed E-state index contributed by atoms with van der Waals surface area (Å²) in [7, 11) is 0. The van der Waals surface area contributed by atoms with Crippen LogP contribution in [-0.4, -0.2) is 10.9 Å². The zero-order valence-corrected chi connectivity index (χ0v) is 14.3. The Kier molecular flexibility index (Phi) is 4.79. The molecule has 116 valence electrons. The van der Waals surface area contributed by atoms with E-state index in [1.54, 1.807) is 36.7 Å². The summed E-state index contributed by atoms with van der Waals surface area (Å²) in [6, 6.07) is 12.5. The Bertz CT molecular complexity index is 834. The summed E-state index contributed by atoms with van der Waals surface area (Å²) >= 11 is 9.41. The molecule has 0 radical (unpaired) electrons. The summed E-state index contributed by atoms with van der Waals surface area (Å²) in [6.07, 6.45) is 3.28. The van der Waals surface area contributed by atoms with Crippen LogP contribution in [0.15, 0.2) is 63.8 Å². The van der Waals surface area contributed by atoms with Crippen molar-refractivity contribution in [3.63, 3.8) is 0 Å². The fourth-order valence-corrected chi connectivity index (χ4v) is 2.72. The molecule has 1 aromatic carbocycles. The Morgan fingerprint density at radius 2 is 2.13 bits per heavy atom. The van der Waals surface area contributed by atoms with E-state index in [2.05, 4.69) is 26.2 Å². The first-order chi connectivity index (χ1) is 11.1. The summed E-state index contributed by atoms with van der Waals surface area (Å²) in [4.78, 5) is 16.7. The van der Waals surface area contributed by atoms with Crippen LogP contribution < -0.4 is 5.32 Å². The second-order valence-corrected chi connectivity index (χ2v) is 6.12. The fraction of sp³-hybridized carbons (Fsp3) is 0.0588.